The number of benzene rings is 1. The third-order valence-electron chi connectivity index (χ3n) is 7.46. The van der Waals surface area contributed by atoms with E-state index in [0.717, 1.165) is 24.1 Å². The zero-order valence-corrected chi connectivity index (χ0v) is 18.9. The standard InChI is InChI=1S/C24H23F2N3O2S/c1-4-32(30,31)20-10-6-9-19(27-20)24-12-11-15(23(24,2)3)14-13-18(28-29-22(14)24)21-16(25)7-5-8-17(21)26/h5-10,13,15H,4,11-12H2,1-3H3/t15-,24-/m0/s1. The molecule has 2 heterocycles. The zero-order chi connectivity index (χ0) is 22.9. The van der Waals surface area contributed by atoms with Crippen molar-refractivity contribution >= 4 is 9.84 Å². The molecule has 5 nitrogen and oxygen atoms in total. The number of hydrogen-bond acceptors (Lipinski definition) is 5. The lowest BCUT2D eigenvalue weighted by Gasteiger charge is -2.37. The summed E-state index contributed by atoms with van der Waals surface area (Å²) in [6.07, 6.45) is 1.60. The Hall–Kier alpha value is -2.74. The van der Waals surface area contributed by atoms with Crippen molar-refractivity contribution in [3.8, 4) is 11.3 Å². The molecule has 0 N–H and O–H groups in total. The van der Waals surface area contributed by atoms with Crippen molar-refractivity contribution in [3.05, 3.63) is 71.1 Å². The van der Waals surface area contributed by atoms with Crippen LogP contribution in [0, 0.1) is 17.0 Å². The smallest absolute Gasteiger partial charge is 0.195 e. The molecule has 2 bridgehead atoms. The van der Waals surface area contributed by atoms with Gasteiger partial charge in [0.25, 0.3) is 0 Å². The van der Waals surface area contributed by atoms with Crippen LogP contribution in [0.1, 0.15) is 56.5 Å². The summed E-state index contributed by atoms with van der Waals surface area (Å²) in [6.45, 7) is 5.84. The Balaban J connectivity index is 1.72. The van der Waals surface area contributed by atoms with Crippen LogP contribution in [0.3, 0.4) is 0 Å². The lowest BCUT2D eigenvalue weighted by atomic mass is 9.66. The average molecular weight is 456 g/mol. The van der Waals surface area contributed by atoms with E-state index in [-0.39, 0.29) is 33.4 Å². The topological polar surface area (TPSA) is 72.8 Å². The highest BCUT2D eigenvalue weighted by Crippen LogP contribution is 2.69. The first-order chi connectivity index (χ1) is 15.1. The summed E-state index contributed by atoms with van der Waals surface area (Å²) in [7, 11) is -3.47. The highest BCUT2D eigenvalue weighted by Gasteiger charge is 2.65. The Morgan fingerprint density at radius 2 is 1.75 bits per heavy atom. The van der Waals surface area contributed by atoms with Crippen LogP contribution in [0.25, 0.3) is 11.3 Å². The molecular weight excluding hydrogens is 432 g/mol. The summed E-state index contributed by atoms with van der Waals surface area (Å²) >= 11 is 0. The molecule has 0 spiro atoms. The summed E-state index contributed by atoms with van der Waals surface area (Å²) in [5.41, 5.74) is 1.30. The van der Waals surface area contributed by atoms with Crippen molar-refractivity contribution in [2.24, 2.45) is 5.41 Å². The van der Waals surface area contributed by atoms with Gasteiger partial charge in [0.15, 0.2) is 14.9 Å². The summed E-state index contributed by atoms with van der Waals surface area (Å²) < 4.78 is 53.7. The second-order valence-electron chi connectivity index (χ2n) is 9.11. The third-order valence-corrected chi connectivity index (χ3v) is 9.09. The van der Waals surface area contributed by atoms with Crippen molar-refractivity contribution in [3.63, 3.8) is 0 Å². The molecule has 2 aliphatic carbocycles. The van der Waals surface area contributed by atoms with Gasteiger partial charge in [-0.25, -0.2) is 22.2 Å². The normalized spacial score (nSPS) is 23.3. The number of hydrogen-bond donors (Lipinski definition) is 0. The Labute approximate surface area is 185 Å². The fraction of sp³-hybridized carbons (Fsp3) is 0.375. The minimum absolute atomic E-state index is 0.0313. The van der Waals surface area contributed by atoms with Crippen LogP contribution in [0.15, 0.2) is 47.5 Å². The molecular formula is C24H23F2N3O2S. The fourth-order valence-corrected chi connectivity index (χ4v) is 6.55. The van der Waals surface area contributed by atoms with Gasteiger partial charge < -0.3 is 0 Å². The molecule has 1 fully saturated rings. The second-order valence-corrected chi connectivity index (χ2v) is 11.3. The third kappa shape index (κ3) is 2.65. The zero-order valence-electron chi connectivity index (χ0n) is 18.1. The molecule has 0 radical (unpaired) electrons. The predicted octanol–water partition coefficient (Wildman–Crippen LogP) is 4.81. The van der Waals surface area contributed by atoms with Crippen LogP contribution >= 0.6 is 0 Å². The van der Waals surface area contributed by atoms with E-state index in [1.165, 1.54) is 24.3 Å². The van der Waals surface area contributed by atoms with E-state index in [4.69, 9.17) is 0 Å². The van der Waals surface area contributed by atoms with Gasteiger partial charge in [0.2, 0.25) is 0 Å². The van der Waals surface area contributed by atoms with Crippen LogP contribution in [0.4, 0.5) is 8.78 Å². The van der Waals surface area contributed by atoms with E-state index in [9.17, 15) is 17.2 Å². The number of pyridine rings is 1. The maximum atomic E-state index is 14.4. The van der Waals surface area contributed by atoms with Gasteiger partial charge in [-0.05, 0) is 60.1 Å². The predicted molar refractivity (Wildman–Crippen MR) is 116 cm³/mol. The van der Waals surface area contributed by atoms with Gasteiger partial charge in [-0.15, -0.1) is 5.10 Å². The second kappa shape index (κ2) is 6.88. The van der Waals surface area contributed by atoms with Gasteiger partial charge in [0, 0.05) is 0 Å². The molecule has 2 aliphatic rings. The van der Waals surface area contributed by atoms with E-state index in [1.807, 2.05) is 6.07 Å². The average Bonchev–Trinajstić information content (AvgIpc) is 3.15. The van der Waals surface area contributed by atoms with Crippen molar-refractivity contribution in [1.82, 2.24) is 15.2 Å². The van der Waals surface area contributed by atoms with Gasteiger partial charge in [0.1, 0.15) is 11.6 Å². The molecule has 166 valence electrons. The molecule has 2 aromatic heterocycles. The molecule has 0 amide bonds. The van der Waals surface area contributed by atoms with Gasteiger partial charge in [0.05, 0.1) is 33.8 Å². The SMILES string of the molecule is CCS(=O)(=O)c1cccc([C@@]23CC[C@@H](c4cc(-c5c(F)cccc5F)nnc42)C3(C)C)n1. The molecule has 0 unspecified atom stereocenters. The highest BCUT2D eigenvalue weighted by molar-refractivity contribution is 7.91. The Morgan fingerprint density at radius 3 is 2.44 bits per heavy atom. The molecule has 2 atom stereocenters. The van der Waals surface area contributed by atoms with Crippen LogP contribution in [-0.4, -0.2) is 29.4 Å². The van der Waals surface area contributed by atoms with Gasteiger partial charge in [-0.2, -0.15) is 5.10 Å². The van der Waals surface area contributed by atoms with Gasteiger partial charge in [-0.3, -0.25) is 0 Å². The molecule has 0 saturated heterocycles. The molecule has 5 rings (SSSR count). The molecule has 1 saturated carbocycles. The summed E-state index contributed by atoms with van der Waals surface area (Å²) in [4.78, 5) is 4.59. The minimum atomic E-state index is -3.47. The van der Waals surface area contributed by atoms with Crippen molar-refractivity contribution in [2.75, 3.05) is 5.75 Å². The lowest BCUT2D eigenvalue weighted by molar-refractivity contribution is 0.242. The van der Waals surface area contributed by atoms with Crippen molar-refractivity contribution < 1.29 is 17.2 Å². The highest BCUT2D eigenvalue weighted by atomic mass is 32.2. The Bertz CT molecular complexity index is 1340. The summed E-state index contributed by atoms with van der Waals surface area (Å²) in [5, 5.41) is 8.75. The number of rotatable bonds is 4. The van der Waals surface area contributed by atoms with Crippen LogP contribution in [0.5, 0.6) is 0 Å². The number of fused-ring (bicyclic) bond motifs is 5. The summed E-state index contributed by atoms with van der Waals surface area (Å²) in [6, 6.07) is 10.5. The maximum Gasteiger partial charge on any atom is 0.195 e. The van der Waals surface area contributed by atoms with Crippen LogP contribution < -0.4 is 0 Å². The molecule has 32 heavy (non-hydrogen) atoms. The first-order valence-electron chi connectivity index (χ1n) is 10.7. The van der Waals surface area contributed by atoms with Crippen LogP contribution in [-0.2, 0) is 15.3 Å². The van der Waals surface area contributed by atoms with E-state index >= 15 is 0 Å². The van der Waals surface area contributed by atoms with E-state index in [2.05, 4.69) is 29.0 Å². The Morgan fingerprint density at radius 1 is 1.06 bits per heavy atom. The monoisotopic (exact) mass is 455 g/mol. The Kier molecular flexibility index (Phi) is 4.54. The van der Waals surface area contributed by atoms with Crippen molar-refractivity contribution in [1.29, 1.82) is 0 Å². The van der Waals surface area contributed by atoms with Gasteiger partial charge in [-0.1, -0.05) is 32.9 Å². The van der Waals surface area contributed by atoms with E-state index in [0.29, 0.717) is 5.69 Å². The molecule has 8 heteroatoms. The maximum absolute atomic E-state index is 14.4. The fourth-order valence-electron chi connectivity index (χ4n) is 5.73. The number of aromatic nitrogens is 3. The van der Waals surface area contributed by atoms with E-state index in [1.54, 1.807) is 19.1 Å². The first-order valence-corrected chi connectivity index (χ1v) is 12.3. The first kappa shape index (κ1) is 21.1. The van der Waals surface area contributed by atoms with E-state index < -0.39 is 26.9 Å². The van der Waals surface area contributed by atoms with Crippen LogP contribution in [0.2, 0.25) is 0 Å². The number of nitrogens with zero attached hydrogens (tertiary/aromatic N) is 3. The minimum Gasteiger partial charge on any atom is -0.240 e. The lowest BCUT2D eigenvalue weighted by Crippen LogP contribution is -2.38. The van der Waals surface area contributed by atoms with Gasteiger partial charge >= 0.3 is 0 Å². The molecule has 0 aliphatic heterocycles. The number of halogens is 2. The molecule has 3 aromatic rings. The number of sulfone groups is 1. The quantitative estimate of drug-likeness (QED) is 0.564. The molecule has 1 aromatic carbocycles. The summed E-state index contributed by atoms with van der Waals surface area (Å²) in [5.74, 6) is -1.31. The largest absolute Gasteiger partial charge is 0.240 e. The van der Waals surface area contributed by atoms with Crippen molar-refractivity contribution in [2.45, 2.75) is 50.0 Å².